The van der Waals surface area contributed by atoms with Gasteiger partial charge in [0.2, 0.25) is 0 Å². The van der Waals surface area contributed by atoms with Crippen LogP contribution in [0.2, 0.25) is 0 Å². The van der Waals surface area contributed by atoms with E-state index in [1.807, 2.05) is 13.8 Å². The summed E-state index contributed by atoms with van der Waals surface area (Å²) >= 11 is 0. The first-order valence-electron chi connectivity index (χ1n) is 5.59. The molecule has 0 amide bonds. The molecule has 3 atom stereocenters. The average molecular weight is 251 g/mol. The van der Waals surface area contributed by atoms with Crippen LogP contribution < -0.4 is 5.32 Å². The van der Waals surface area contributed by atoms with Crippen molar-refractivity contribution in [2.75, 3.05) is 18.1 Å². The van der Waals surface area contributed by atoms with Gasteiger partial charge >= 0.3 is 0 Å². The summed E-state index contributed by atoms with van der Waals surface area (Å²) in [6, 6.07) is -0.415. The zero-order chi connectivity index (χ0) is 12.4. The monoisotopic (exact) mass is 251 g/mol. The summed E-state index contributed by atoms with van der Waals surface area (Å²) < 4.78 is 22.7. The number of hydrogen-bond donors (Lipinski definition) is 3. The Labute approximate surface area is 96.8 Å². The molecule has 3 N–H and O–H groups in total. The minimum atomic E-state index is -3.12. The van der Waals surface area contributed by atoms with Gasteiger partial charge in [-0.3, -0.25) is 0 Å². The van der Waals surface area contributed by atoms with E-state index in [2.05, 4.69) is 5.32 Å². The summed E-state index contributed by atoms with van der Waals surface area (Å²) in [6.07, 6.45) is 0.485. The van der Waals surface area contributed by atoms with Crippen molar-refractivity contribution in [3.8, 4) is 0 Å². The minimum absolute atomic E-state index is 0.0187. The topological polar surface area (TPSA) is 86.6 Å². The van der Waals surface area contributed by atoms with Crippen LogP contribution in [0.5, 0.6) is 0 Å². The lowest BCUT2D eigenvalue weighted by atomic mass is 9.93. The van der Waals surface area contributed by atoms with Gasteiger partial charge in [-0.2, -0.15) is 0 Å². The van der Waals surface area contributed by atoms with Crippen molar-refractivity contribution in [1.82, 2.24) is 5.32 Å². The first kappa shape index (κ1) is 13.9. The van der Waals surface area contributed by atoms with Gasteiger partial charge in [0.15, 0.2) is 9.84 Å². The summed E-state index contributed by atoms with van der Waals surface area (Å²) in [6.45, 7) is 3.95. The summed E-state index contributed by atoms with van der Waals surface area (Å²) in [7, 11) is -3.12. The molecule has 0 bridgehead atoms. The van der Waals surface area contributed by atoms with E-state index in [1.54, 1.807) is 0 Å². The van der Waals surface area contributed by atoms with Crippen LogP contribution in [0.1, 0.15) is 26.7 Å². The molecule has 0 aliphatic carbocycles. The van der Waals surface area contributed by atoms with Gasteiger partial charge in [-0.15, -0.1) is 0 Å². The molecule has 1 aliphatic heterocycles. The minimum Gasteiger partial charge on any atom is -0.396 e. The highest BCUT2D eigenvalue weighted by atomic mass is 32.2. The van der Waals surface area contributed by atoms with Crippen LogP contribution >= 0.6 is 0 Å². The Hall–Kier alpha value is -0.170. The Morgan fingerprint density at radius 3 is 2.44 bits per heavy atom. The Bertz CT molecular complexity index is 330. The lowest BCUT2D eigenvalue weighted by Gasteiger charge is -2.33. The maximum Gasteiger partial charge on any atom is 0.154 e. The SMILES string of the molecule is CCC(C)(CCO)NC1CS(=O)(=O)CC1O. The van der Waals surface area contributed by atoms with Gasteiger partial charge in [0.25, 0.3) is 0 Å². The molecule has 1 heterocycles. The van der Waals surface area contributed by atoms with E-state index < -0.39 is 22.0 Å². The highest BCUT2D eigenvalue weighted by Crippen LogP contribution is 2.20. The van der Waals surface area contributed by atoms with Crippen molar-refractivity contribution < 1.29 is 18.6 Å². The standard InChI is InChI=1S/C10H21NO4S/c1-3-10(2,4-5-12)11-8-6-16(14,15)7-9(8)13/h8-9,11-13H,3-7H2,1-2H3. The third-order valence-corrected chi connectivity index (χ3v) is 5.02. The summed E-state index contributed by atoms with van der Waals surface area (Å²) in [5.74, 6) is -0.182. The van der Waals surface area contributed by atoms with Gasteiger partial charge < -0.3 is 15.5 Å². The van der Waals surface area contributed by atoms with Crippen LogP contribution in [-0.4, -0.2) is 54.4 Å². The maximum atomic E-state index is 11.3. The maximum absolute atomic E-state index is 11.3. The van der Waals surface area contributed by atoms with Gasteiger partial charge in [-0.25, -0.2) is 8.42 Å². The highest BCUT2D eigenvalue weighted by molar-refractivity contribution is 7.91. The van der Waals surface area contributed by atoms with Crippen LogP contribution in [0.25, 0.3) is 0 Å². The van der Waals surface area contributed by atoms with E-state index in [0.717, 1.165) is 6.42 Å². The van der Waals surface area contributed by atoms with E-state index in [1.165, 1.54) is 0 Å². The van der Waals surface area contributed by atoms with Crippen molar-refractivity contribution >= 4 is 9.84 Å². The molecule has 5 nitrogen and oxygen atoms in total. The van der Waals surface area contributed by atoms with Crippen molar-refractivity contribution in [3.63, 3.8) is 0 Å². The van der Waals surface area contributed by atoms with Crippen LogP contribution in [0.4, 0.5) is 0 Å². The lowest BCUT2D eigenvalue weighted by molar-refractivity contribution is 0.129. The molecule has 1 fully saturated rings. The van der Waals surface area contributed by atoms with E-state index >= 15 is 0 Å². The largest absolute Gasteiger partial charge is 0.396 e. The van der Waals surface area contributed by atoms with Gasteiger partial charge in [0.05, 0.1) is 17.6 Å². The molecule has 0 saturated carbocycles. The predicted molar refractivity (Wildman–Crippen MR) is 62.0 cm³/mol. The number of rotatable bonds is 5. The second kappa shape index (κ2) is 5.00. The van der Waals surface area contributed by atoms with Crippen LogP contribution in [-0.2, 0) is 9.84 Å². The molecular weight excluding hydrogens is 230 g/mol. The zero-order valence-electron chi connectivity index (χ0n) is 9.81. The number of aliphatic hydroxyl groups excluding tert-OH is 2. The molecule has 0 spiro atoms. The van der Waals surface area contributed by atoms with Gasteiger partial charge in [0, 0.05) is 18.2 Å². The lowest BCUT2D eigenvalue weighted by Crippen LogP contribution is -2.52. The normalized spacial score (nSPS) is 32.5. The van der Waals surface area contributed by atoms with E-state index in [0.29, 0.717) is 6.42 Å². The molecule has 96 valence electrons. The van der Waals surface area contributed by atoms with E-state index in [-0.39, 0.29) is 23.7 Å². The predicted octanol–water partition coefficient (Wildman–Crippen LogP) is -0.715. The fraction of sp³-hybridized carbons (Fsp3) is 1.00. The Kier molecular flexibility index (Phi) is 4.34. The van der Waals surface area contributed by atoms with Crippen molar-refractivity contribution in [1.29, 1.82) is 0 Å². The molecule has 0 radical (unpaired) electrons. The first-order valence-corrected chi connectivity index (χ1v) is 7.41. The quantitative estimate of drug-likeness (QED) is 0.600. The third kappa shape index (κ3) is 3.41. The van der Waals surface area contributed by atoms with Crippen molar-refractivity contribution in [3.05, 3.63) is 0 Å². The second-order valence-electron chi connectivity index (χ2n) is 4.78. The molecule has 0 aromatic heterocycles. The Morgan fingerprint density at radius 2 is 2.06 bits per heavy atom. The van der Waals surface area contributed by atoms with Crippen LogP contribution in [0, 0.1) is 0 Å². The van der Waals surface area contributed by atoms with Crippen molar-refractivity contribution in [2.24, 2.45) is 0 Å². The van der Waals surface area contributed by atoms with Gasteiger partial charge in [-0.05, 0) is 19.8 Å². The number of nitrogens with one attached hydrogen (secondary N) is 1. The highest BCUT2D eigenvalue weighted by Gasteiger charge is 2.39. The molecule has 0 aromatic carbocycles. The average Bonchev–Trinajstić information content (AvgIpc) is 2.40. The number of sulfone groups is 1. The van der Waals surface area contributed by atoms with Gasteiger partial charge in [0.1, 0.15) is 0 Å². The Morgan fingerprint density at radius 1 is 1.44 bits per heavy atom. The fourth-order valence-corrected chi connectivity index (χ4v) is 3.75. The first-order chi connectivity index (χ1) is 7.32. The van der Waals surface area contributed by atoms with Crippen molar-refractivity contribution in [2.45, 2.75) is 44.4 Å². The number of hydrogen-bond acceptors (Lipinski definition) is 5. The van der Waals surface area contributed by atoms with Crippen LogP contribution in [0.15, 0.2) is 0 Å². The molecule has 3 unspecified atom stereocenters. The van der Waals surface area contributed by atoms with E-state index in [9.17, 15) is 13.5 Å². The number of aliphatic hydroxyl groups is 2. The van der Waals surface area contributed by atoms with E-state index in [4.69, 9.17) is 5.11 Å². The third-order valence-electron chi connectivity index (χ3n) is 3.30. The summed E-state index contributed by atoms with van der Waals surface area (Å²) in [5.41, 5.74) is -0.319. The summed E-state index contributed by atoms with van der Waals surface area (Å²) in [4.78, 5) is 0. The summed E-state index contributed by atoms with van der Waals surface area (Å²) in [5, 5.41) is 21.8. The molecule has 16 heavy (non-hydrogen) atoms. The smallest absolute Gasteiger partial charge is 0.154 e. The molecule has 1 rings (SSSR count). The Balaban J connectivity index is 2.66. The molecule has 1 saturated heterocycles. The molecule has 0 aromatic rings. The molecule has 6 heteroatoms. The van der Waals surface area contributed by atoms with Gasteiger partial charge in [-0.1, -0.05) is 6.92 Å². The molecular formula is C10H21NO4S. The zero-order valence-corrected chi connectivity index (χ0v) is 10.6. The molecule has 1 aliphatic rings. The fourth-order valence-electron chi connectivity index (χ4n) is 2.01. The second-order valence-corrected chi connectivity index (χ2v) is 6.94. The van der Waals surface area contributed by atoms with Crippen LogP contribution in [0.3, 0.4) is 0 Å².